The average molecular weight is 257 g/mol. The molecular weight excluding hydrogens is 234 g/mol. The summed E-state index contributed by atoms with van der Waals surface area (Å²) in [6.45, 7) is 2.95. The summed E-state index contributed by atoms with van der Waals surface area (Å²) in [7, 11) is 0. The van der Waals surface area contributed by atoms with E-state index in [1.165, 1.54) is 11.3 Å². The normalized spacial score (nSPS) is 14.8. The summed E-state index contributed by atoms with van der Waals surface area (Å²) < 4.78 is 0. The summed E-state index contributed by atoms with van der Waals surface area (Å²) in [6, 6.07) is 10.3. The molecule has 0 saturated heterocycles. The smallest absolute Gasteiger partial charge is 0.160 e. The Hall–Kier alpha value is -1.57. The maximum Gasteiger partial charge on any atom is 0.160 e. The van der Waals surface area contributed by atoms with Gasteiger partial charge < -0.3 is 5.32 Å². The van der Waals surface area contributed by atoms with Gasteiger partial charge >= 0.3 is 0 Å². The molecule has 0 heterocycles. The van der Waals surface area contributed by atoms with E-state index in [4.69, 9.17) is 0 Å². The van der Waals surface area contributed by atoms with E-state index in [1.54, 1.807) is 0 Å². The fourth-order valence-corrected chi connectivity index (χ4v) is 2.54. The van der Waals surface area contributed by atoms with Crippen LogP contribution in [0, 0.1) is 0 Å². The summed E-state index contributed by atoms with van der Waals surface area (Å²) in [5, 5.41) is 3.46. The van der Waals surface area contributed by atoms with Gasteiger partial charge in [0.2, 0.25) is 0 Å². The average Bonchev–Trinajstić information content (AvgIpc) is 2.92. The molecule has 2 heteroatoms. The Kier molecular flexibility index (Phi) is 5.20. The zero-order chi connectivity index (χ0) is 13.5. The van der Waals surface area contributed by atoms with Crippen molar-refractivity contribution in [1.29, 1.82) is 0 Å². The van der Waals surface area contributed by atoms with Crippen molar-refractivity contribution in [3.05, 3.63) is 47.2 Å². The molecule has 1 aromatic rings. The zero-order valence-electron chi connectivity index (χ0n) is 11.7. The number of nitrogens with one attached hydrogen (secondary N) is 1. The molecule has 0 aromatic heterocycles. The van der Waals surface area contributed by atoms with E-state index in [2.05, 4.69) is 24.4 Å². The number of allylic oxidation sites excluding steroid dienone is 2. The monoisotopic (exact) mass is 257 g/mol. The van der Waals surface area contributed by atoms with Gasteiger partial charge in [0.1, 0.15) is 0 Å². The molecule has 0 spiro atoms. The molecule has 0 fully saturated rings. The molecule has 0 unspecified atom stereocenters. The molecule has 1 aliphatic carbocycles. The summed E-state index contributed by atoms with van der Waals surface area (Å²) in [6.07, 6.45) is 5.91. The van der Waals surface area contributed by atoms with Crippen LogP contribution in [0.15, 0.2) is 41.6 Å². The molecule has 0 bridgehead atoms. The molecule has 1 aliphatic rings. The third-order valence-electron chi connectivity index (χ3n) is 3.66. The topological polar surface area (TPSA) is 29.1 Å². The summed E-state index contributed by atoms with van der Waals surface area (Å²) >= 11 is 0. The van der Waals surface area contributed by atoms with Crippen LogP contribution in [0.1, 0.15) is 51.0 Å². The molecule has 102 valence electrons. The number of carbonyl (C=O) groups excluding carboxylic acids is 1. The third kappa shape index (κ3) is 3.95. The molecule has 2 nitrogen and oxygen atoms in total. The van der Waals surface area contributed by atoms with Crippen LogP contribution < -0.4 is 5.32 Å². The number of rotatable bonds is 7. The van der Waals surface area contributed by atoms with Gasteiger partial charge in [-0.2, -0.15) is 0 Å². The summed E-state index contributed by atoms with van der Waals surface area (Å²) in [5.41, 5.74) is 3.51. The highest BCUT2D eigenvalue weighted by molar-refractivity contribution is 5.96. The molecule has 19 heavy (non-hydrogen) atoms. The Bertz CT molecular complexity index is 448. The fourth-order valence-electron chi connectivity index (χ4n) is 2.54. The Morgan fingerprint density at radius 3 is 2.74 bits per heavy atom. The Labute approximate surface area is 115 Å². The predicted molar refractivity (Wildman–Crippen MR) is 78.7 cm³/mol. The van der Waals surface area contributed by atoms with Gasteiger partial charge in [0, 0.05) is 24.2 Å². The van der Waals surface area contributed by atoms with Crippen LogP contribution >= 0.6 is 0 Å². The van der Waals surface area contributed by atoms with E-state index >= 15 is 0 Å². The van der Waals surface area contributed by atoms with Crippen molar-refractivity contribution >= 4 is 5.78 Å². The molecule has 1 N–H and O–H groups in total. The van der Waals surface area contributed by atoms with Gasteiger partial charge in [0.25, 0.3) is 0 Å². The van der Waals surface area contributed by atoms with Crippen LogP contribution in [0.5, 0.6) is 0 Å². The number of Topliss-reactive ketones (excluding diaryl/α,β-unsaturated/α-hetero) is 1. The summed E-state index contributed by atoms with van der Waals surface area (Å²) in [5.74, 6) is 0.356. The number of unbranched alkanes of at least 4 members (excludes halogenated alkanes) is 1. The van der Waals surface area contributed by atoms with Crippen molar-refractivity contribution in [3.63, 3.8) is 0 Å². The van der Waals surface area contributed by atoms with Gasteiger partial charge in [-0.15, -0.1) is 0 Å². The largest absolute Gasteiger partial charge is 0.384 e. The Balaban J connectivity index is 1.95. The molecule has 0 saturated carbocycles. The first kappa shape index (κ1) is 13.9. The highest BCUT2D eigenvalue weighted by atomic mass is 16.1. The van der Waals surface area contributed by atoms with E-state index < -0.39 is 0 Å². The van der Waals surface area contributed by atoms with Crippen LogP contribution in [-0.4, -0.2) is 5.78 Å². The minimum absolute atomic E-state index is 0.356. The maximum atomic E-state index is 12.1. The number of benzene rings is 1. The van der Waals surface area contributed by atoms with Gasteiger partial charge in [-0.05, 0) is 31.2 Å². The molecule has 0 radical (unpaired) electrons. The van der Waals surface area contributed by atoms with Crippen molar-refractivity contribution in [2.75, 3.05) is 0 Å². The predicted octanol–water partition coefficient (Wildman–Crippen LogP) is 3.97. The lowest BCUT2D eigenvalue weighted by atomic mass is 10.0. The second-order valence-corrected chi connectivity index (χ2v) is 5.18. The maximum absolute atomic E-state index is 12.1. The van der Waals surface area contributed by atoms with Crippen molar-refractivity contribution in [2.45, 2.75) is 52.0 Å². The molecule has 0 atom stereocenters. The quantitative estimate of drug-likeness (QED) is 0.800. The van der Waals surface area contributed by atoms with Crippen molar-refractivity contribution < 1.29 is 4.79 Å². The van der Waals surface area contributed by atoms with Crippen LogP contribution in [-0.2, 0) is 11.3 Å². The van der Waals surface area contributed by atoms with Crippen molar-refractivity contribution in [1.82, 2.24) is 5.32 Å². The number of ketones is 1. The molecule has 0 aliphatic heterocycles. The minimum Gasteiger partial charge on any atom is -0.384 e. The van der Waals surface area contributed by atoms with Crippen molar-refractivity contribution in [2.24, 2.45) is 0 Å². The fraction of sp³-hybridized carbons (Fsp3) is 0.471. The van der Waals surface area contributed by atoms with Crippen LogP contribution in [0.4, 0.5) is 0 Å². The first-order chi connectivity index (χ1) is 9.31. The van der Waals surface area contributed by atoms with Gasteiger partial charge in [-0.3, -0.25) is 4.79 Å². The highest BCUT2D eigenvalue weighted by Crippen LogP contribution is 2.26. The molecule has 2 rings (SSSR count). The van der Waals surface area contributed by atoms with E-state index in [9.17, 15) is 4.79 Å². The standard InChI is InChI=1S/C17H23NO/c1-2-3-12-17(19)15-10-7-11-16(15)18-13-14-8-5-4-6-9-14/h4-6,8-9,18H,2-3,7,10-13H2,1H3. The van der Waals surface area contributed by atoms with Gasteiger partial charge in [-0.25, -0.2) is 0 Å². The first-order valence-electron chi connectivity index (χ1n) is 7.34. The lowest BCUT2D eigenvalue weighted by Gasteiger charge is -2.10. The van der Waals surface area contributed by atoms with Gasteiger partial charge in [0.05, 0.1) is 0 Å². The first-order valence-corrected chi connectivity index (χ1v) is 7.34. The second kappa shape index (κ2) is 7.13. The van der Waals surface area contributed by atoms with Crippen LogP contribution in [0.3, 0.4) is 0 Å². The molecule has 1 aromatic carbocycles. The van der Waals surface area contributed by atoms with Gasteiger partial charge in [0.15, 0.2) is 5.78 Å². The lowest BCUT2D eigenvalue weighted by Crippen LogP contribution is -2.15. The van der Waals surface area contributed by atoms with E-state index in [0.717, 1.165) is 44.2 Å². The zero-order valence-corrected chi connectivity index (χ0v) is 11.7. The van der Waals surface area contributed by atoms with E-state index in [-0.39, 0.29) is 0 Å². The molecular formula is C17H23NO. The minimum atomic E-state index is 0.356. The third-order valence-corrected chi connectivity index (χ3v) is 3.66. The number of carbonyl (C=O) groups is 1. The summed E-state index contributed by atoms with van der Waals surface area (Å²) in [4.78, 5) is 12.1. The van der Waals surface area contributed by atoms with Crippen LogP contribution in [0.2, 0.25) is 0 Å². The number of hydrogen-bond donors (Lipinski definition) is 1. The second-order valence-electron chi connectivity index (χ2n) is 5.18. The molecule has 0 amide bonds. The highest BCUT2D eigenvalue weighted by Gasteiger charge is 2.19. The van der Waals surface area contributed by atoms with Crippen LogP contribution in [0.25, 0.3) is 0 Å². The van der Waals surface area contributed by atoms with E-state index in [0.29, 0.717) is 12.2 Å². The van der Waals surface area contributed by atoms with Crippen molar-refractivity contribution in [3.8, 4) is 0 Å². The van der Waals surface area contributed by atoms with Gasteiger partial charge in [-0.1, -0.05) is 43.7 Å². The SMILES string of the molecule is CCCCC(=O)C1=C(NCc2ccccc2)CCC1. The lowest BCUT2D eigenvalue weighted by molar-refractivity contribution is -0.115. The van der Waals surface area contributed by atoms with E-state index in [1.807, 2.05) is 18.2 Å². The number of hydrogen-bond acceptors (Lipinski definition) is 2. The Morgan fingerprint density at radius 2 is 2.00 bits per heavy atom. The Morgan fingerprint density at radius 1 is 1.21 bits per heavy atom.